The number of piperidine rings is 1. The lowest BCUT2D eigenvalue weighted by atomic mass is 9.96. The molecular formula is C31H31N5O3. The van der Waals surface area contributed by atoms with Crippen molar-refractivity contribution in [2.75, 3.05) is 25.4 Å². The Morgan fingerprint density at radius 1 is 1.15 bits per heavy atom. The first kappa shape index (κ1) is 26.0. The van der Waals surface area contributed by atoms with Crippen molar-refractivity contribution in [1.82, 2.24) is 19.4 Å². The number of benzene rings is 2. The molecule has 8 nitrogen and oxygen atoms in total. The molecule has 3 heterocycles. The molecule has 0 unspecified atom stereocenters. The van der Waals surface area contributed by atoms with Gasteiger partial charge in [-0.3, -0.25) is 4.79 Å². The number of anilines is 1. The van der Waals surface area contributed by atoms with Crippen LogP contribution < -0.4 is 10.5 Å². The van der Waals surface area contributed by atoms with Gasteiger partial charge in [-0.2, -0.15) is 0 Å². The highest BCUT2D eigenvalue weighted by Crippen LogP contribution is 2.39. The smallest absolute Gasteiger partial charge is 0.245 e. The number of aliphatic hydroxyl groups excluding tert-OH is 1. The van der Waals surface area contributed by atoms with Crippen molar-refractivity contribution in [1.29, 1.82) is 0 Å². The summed E-state index contributed by atoms with van der Waals surface area (Å²) in [4.78, 5) is 22.6. The Labute approximate surface area is 227 Å². The Kier molecular flexibility index (Phi) is 7.62. The lowest BCUT2D eigenvalue weighted by Gasteiger charge is -2.28. The Balaban J connectivity index is 1.57. The molecular weight excluding hydrogens is 490 g/mol. The van der Waals surface area contributed by atoms with Crippen molar-refractivity contribution in [3.8, 4) is 34.5 Å². The molecule has 1 atom stereocenters. The van der Waals surface area contributed by atoms with Crippen LogP contribution in [0.5, 0.6) is 11.5 Å². The van der Waals surface area contributed by atoms with Gasteiger partial charge in [0.15, 0.2) is 0 Å². The molecule has 0 spiro atoms. The lowest BCUT2D eigenvalue weighted by Crippen LogP contribution is -2.37. The third kappa shape index (κ3) is 5.35. The van der Waals surface area contributed by atoms with Gasteiger partial charge >= 0.3 is 0 Å². The Morgan fingerprint density at radius 2 is 1.85 bits per heavy atom. The number of nitrogens with two attached hydrogens (primary N) is 1. The van der Waals surface area contributed by atoms with Crippen molar-refractivity contribution >= 4 is 22.8 Å². The first-order chi connectivity index (χ1) is 19.0. The third-order valence-electron chi connectivity index (χ3n) is 7.02. The van der Waals surface area contributed by atoms with Crippen molar-refractivity contribution in [2.24, 2.45) is 5.92 Å². The van der Waals surface area contributed by atoms with E-state index in [0.29, 0.717) is 35.7 Å². The number of amides is 1. The van der Waals surface area contributed by atoms with E-state index < -0.39 is 0 Å². The fraction of sp³-hybridized carbons (Fsp3) is 0.258. The van der Waals surface area contributed by atoms with E-state index in [1.54, 1.807) is 4.90 Å². The fourth-order valence-electron chi connectivity index (χ4n) is 4.93. The van der Waals surface area contributed by atoms with Gasteiger partial charge in [-0.1, -0.05) is 42.8 Å². The second kappa shape index (κ2) is 11.4. The number of likely N-dealkylation sites (tertiary alicyclic amines) is 1. The molecule has 1 aliphatic heterocycles. The van der Waals surface area contributed by atoms with E-state index in [1.807, 2.05) is 66.1 Å². The van der Waals surface area contributed by atoms with Crippen LogP contribution in [-0.4, -0.2) is 50.1 Å². The van der Waals surface area contributed by atoms with Gasteiger partial charge in [-0.15, -0.1) is 0 Å². The molecule has 1 aliphatic rings. The Bertz CT molecular complexity index is 1540. The number of rotatable bonds is 6. The monoisotopic (exact) mass is 521 g/mol. The van der Waals surface area contributed by atoms with Crippen molar-refractivity contribution in [2.45, 2.75) is 25.8 Å². The number of fused-ring (bicyclic) bond motifs is 1. The number of hydrogen-bond acceptors (Lipinski definition) is 6. The molecule has 2 aromatic heterocycles. The maximum Gasteiger partial charge on any atom is 0.245 e. The average molecular weight is 522 g/mol. The zero-order valence-electron chi connectivity index (χ0n) is 21.9. The molecule has 0 saturated carbocycles. The summed E-state index contributed by atoms with van der Waals surface area (Å²) in [5.74, 6) is 8.75. The van der Waals surface area contributed by atoms with Crippen molar-refractivity contribution in [3.05, 3.63) is 79.3 Å². The Morgan fingerprint density at radius 3 is 2.51 bits per heavy atom. The summed E-state index contributed by atoms with van der Waals surface area (Å²) in [6.07, 6.45) is 4.35. The molecule has 3 N–H and O–H groups in total. The first-order valence-electron chi connectivity index (χ1n) is 13.0. The molecule has 1 amide bonds. The molecule has 0 aliphatic carbocycles. The zero-order valence-corrected chi connectivity index (χ0v) is 21.9. The maximum absolute atomic E-state index is 12.0. The van der Waals surface area contributed by atoms with E-state index >= 15 is 0 Å². The number of aromatic nitrogens is 3. The number of aliphatic hydroxyl groups is 1. The molecule has 4 aromatic rings. The Hall–Kier alpha value is -4.61. The van der Waals surface area contributed by atoms with Crippen LogP contribution in [0, 0.1) is 17.8 Å². The van der Waals surface area contributed by atoms with Crippen LogP contribution in [0.3, 0.4) is 0 Å². The van der Waals surface area contributed by atoms with Crippen LogP contribution in [0.2, 0.25) is 0 Å². The summed E-state index contributed by atoms with van der Waals surface area (Å²) in [6, 6.07) is 17.1. The normalized spacial score (nSPS) is 14.5. The number of carbonyl (C=O) groups excluding carboxylic acids is 1. The molecule has 198 valence electrons. The van der Waals surface area contributed by atoms with E-state index in [2.05, 4.69) is 28.4 Å². The van der Waals surface area contributed by atoms with Crippen LogP contribution in [0.4, 0.5) is 5.82 Å². The van der Waals surface area contributed by atoms with Crippen LogP contribution >= 0.6 is 0 Å². The lowest BCUT2D eigenvalue weighted by molar-refractivity contribution is -0.127. The van der Waals surface area contributed by atoms with E-state index in [1.165, 1.54) is 12.4 Å². The minimum absolute atomic E-state index is 0.0469. The topological polar surface area (TPSA) is 107 Å². The highest BCUT2D eigenvalue weighted by atomic mass is 16.5. The molecule has 5 rings (SSSR count). The van der Waals surface area contributed by atoms with E-state index in [9.17, 15) is 9.90 Å². The number of carbonyl (C=O) groups is 1. The third-order valence-corrected chi connectivity index (χ3v) is 7.02. The summed E-state index contributed by atoms with van der Waals surface area (Å²) < 4.78 is 7.93. The van der Waals surface area contributed by atoms with Gasteiger partial charge in [-0.05, 0) is 61.6 Å². The summed E-state index contributed by atoms with van der Waals surface area (Å²) in [5.41, 5.74) is 9.46. The number of para-hydroxylation sites is 1. The minimum atomic E-state index is -0.285. The van der Waals surface area contributed by atoms with Gasteiger partial charge in [0.2, 0.25) is 5.91 Å². The molecule has 0 bridgehead atoms. The molecule has 1 saturated heterocycles. The summed E-state index contributed by atoms with van der Waals surface area (Å²) in [7, 11) is 0. The number of ether oxygens (including phenoxy) is 1. The van der Waals surface area contributed by atoms with Gasteiger partial charge in [0.25, 0.3) is 0 Å². The predicted octanol–water partition coefficient (Wildman–Crippen LogP) is 4.80. The van der Waals surface area contributed by atoms with Crippen molar-refractivity contribution < 1.29 is 14.6 Å². The van der Waals surface area contributed by atoms with Crippen LogP contribution in [0.25, 0.3) is 22.2 Å². The van der Waals surface area contributed by atoms with Gasteiger partial charge in [-0.25, -0.2) is 9.97 Å². The molecule has 1 fully saturated rings. The van der Waals surface area contributed by atoms with Crippen LogP contribution in [-0.2, 0) is 4.79 Å². The molecule has 8 heteroatoms. The second-order valence-electron chi connectivity index (χ2n) is 9.60. The quantitative estimate of drug-likeness (QED) is 0.279. The molecule has 39 heavy (non-hydrogen) atoms. The van der Waals surface area contributed by atoms with Crippen LogP contribution in [0.1, 0.15) is 31.5 Å². The van der Waals surface area contributed by atoms with Gasteiger partial charge in [0.05, 0.1) is 18.0 Å². The summed E-state index contributed by atoms with van der Waals surface area (Å²) in [6.45, 7) is 6.71. The number of hydrogen-bond donors (Lipinski definition) is 2. The molecule has 0 radical (unpaired) electrons. The van der Waals surface area contributed by atoms with Crippen molar-refractivity contribution in [3.63, 3.8) is 0 Å². The largest absolute Gasteiger partial charge is 0.457 e. The number of nitrogen functional groups attached to an aromatic ring is 1. The minimum Gasteiger partial charge on any atom is -0.457 e. The van der Waals surface area contributed by atoms with Crippen LogP contribution in [0.15, 0.2) is 73.6 Å². The van der Waals surface area contributed by atoms with E-state index in [-0.39, 0.29) is 24.5 Å². The van der Waals surface area contributed by atoms with E-state index in [4.69, 9.17) is 10.5 Å². The number of nitrogens with zero attached hydrogens (tertiary/aromatic N) is 4. The summed E-state index contributed by atoms with van der Waals surface area (Å²) in [5, 5.41) is 10.8. The van der Waals surface area contributed by atoms with Gasteiger partial charge in [0.1, 0.15) is 35.0 Å². The SMILES string of the molecule is C=CC(=O)N1CCC(C#Cc2c(-c3ccc(Oc4ccccc4)cc3)c3c(N)ncnc3n2[C@@H](C)CO)CC1. The maximum atomic E-state index is 12.0. The average Bonchev–Trinajstić information content (AvgIpc) is 3.31. The molecule has 2 aromatic carbocycles. The fourth-order valence-corrected chi connectivity index (χ4v) is 4.93. The van der Waals surface area contributed by atoms with Gasteiger partial charge in [0, 0.05) is 24.6 Å². The first-order valence-corrected chi connectivity index (χ1v) is 13.0. The summed E-state index contributed by atoms with van der Waals surface area (Å²) >= 11 is 0. The second-order valence-corrected chi connectivity index (χ2v) is 9.60. The highest BCUT2D eigenvalue weighted by Gasteiger charge is 2.25. The highest BCUT2D eigenvalue weighted by molar-refractivity contribution is 6.03. The van der Waals surface area contributed by atoms with Gasteiger partial charge < -0.3 is 25.0 Å². The predicted molar refractivity (Wildman–Crippen MR) is 152 cm³/mol. The zero-order chi connectivity index (χ0) is 27.4. The standard InChI is InChI=1S/C31H31N5O3/c1-3-27(38)35-17-15-22(16-18-35)9-14-26-28(29-30(32)33-20-34-31(29)36(26)21(2)19-37)23-10-12-25(13-11-23)39-24-7-5-4-6-8-24/h3-8,10-13,20-22,37H,1,15-19H2,2H3,(H2,32,33,34)/t21-/m0/s1. The van der Waals surface area contributed by atoms with E-state index in [0.717, 1.165) is 35.4 Å².